The highest BCUT2D eigenvalue weighted by Gasteiger charge is 2.35. The Morgan fingerprint density at radius 3 is 3.00 bits per heavy atom. The molecule has 0 saturated carbocycles. The van der Waals surface area contributed by atoms with Gasteiger partial charge in [0.25, 0.3) is 0 Å². The predicted molar refractivity (Wildman–Crippen MR) is 55.0 cm³/mol. The summed E-state index contributed by atoms with van der Waals surface area (Å²) in [7, 11) is 0. The van der Waals surface area contributed by atoms with Gasteiger partial charge in [-0.1, -0.05) is 0 Å². The third kappa shape index (κ3) is 2.28. The van der Waals surface area contributed by atoms with Gasteiger partial charge >= 0.3 is 0 Å². The smallest absolute Gasteiger partial charge is 0.222 e. The van der Waals surface area contributed by atoms with Gasteiger partial charge in [0.05, 0.1) is 0 Å². The molecule has 0 bridgehead atoms. The summed E-state index contributed by atoms with van der Waals surface area (Å²) in [5, 5.41) is 0. The van der Waals surface area contributed by atoms with E-state index in [-0.39, 0.29) is 11.8 Å². The molecule has 5 nitrogen and oxygen atoms in total. The van der Waals surface area contributed by atoms with Crippen LogP contribution in [0, 0.1) is 0 Å². The molecular formula is C10H17N3O2. The summed E-state index contributed by atoms with van der Waals surface area (Å²) in [6.07, 6.45) is 2.07. The van der Waals surface area contributed by atoms with Crippen molar-refractivity contribution in [3.05, 3.63) is 0 Å². The Morgan fingerprint density at radius 1 is 1.47 bits per heavy atom. The van der Waals surface area contributed by atoms with Gasteiger partial charge in [0, 0.05) is 45.1 Å². The highest BCUT2D eigenvalue weighted by atomic mass is 16.2. The van der Waals surface area contributed by atoms with Crippen LogP contribution in [0.3, 0.4) is 0 Å². The lowest BCUT2D eigenvalue weighted by Gasteiger charge is -2.37. The lowest BCUT2D eigenvalue weighted by Crippen LogP contribution is -2.51. The fourth-order valence-electron chi connectivity index (χ4n) is 2.40. The van der Waals surface area contributed by atoms with E-state index in [0.717, 1.165) is 32.6 Å². The first kappa shape index (κ1) is 10.4. The van der Waals surface area contributed by atoms with Crippen molar-refractivity contribution in [3.63, 3.8) is 0 Å². The number of rotatable bonds is 3. The van der Waals surface area contributed by atoms with E-state index in [9.17, 15) is 9.59 Å². The maximum Gasteiger partial charge on any atom is 0.222 e. The maximum absolute atomic E-state index is 11.4. The standard InChI is InChI=1S/C10H17N3O2/c11-9(14)3-4-12-5-6-13-8(7-12)1-2-10(13)15/h8H,1-7H2,(H2,11,14). The molecule has 1 atom stereocenters. The van der Waals surface area contributed by atoms with Gasteiger partial charge in [-0.2, -0.15) is 0 Å². The van der Waals surface area contributed by atoms with Crippen molar-refractivity contribution in [1.82, 2.24) is 9.80 Å². The molecule has 2 fully saturated rings. The summed E-state index contributed by atoms with van der Waals surface area (Å²) in [5.74, 6) is 0.0366. The molecule has 2 rings (SSSR count). The van der Waals surface area contributed by atoms with E-state index < -0.39 is 0 Å². The summed E-state index contributed by atoms with van der Waals surface area (Å²) < 4.78 is 0. The molecule has 2 aliphatic rings. The zero-order valence-electron chi connectivity index (χ0n) is 8.82. The molecule has 0 spiro atoms. The molecule has 0 aliphatic carbocycles. The number of nitrogens with two attached hydrogens (primary N) is 1. The zero-order chi connectivity index (χ0) is 10.8. The van der Waals surface area contributed by atoms with Gasteiger partial charge in [0.1, 0.15) is 0 Å². The number of piperazine rings is 1. The van der Waals surface area contributed by atoms with Gasteiger partial charge in [0.2, 0.25) is 11.8 Å². The van der Waals surface area contributed by atoms with Crippen LogP contribution in [0.5, 0.6) is 0 Å². The van der Waals surface area contributed by atoms with Crippen molar-refractivity contribution in [2.45, 2.75) is 25.3 Å². The Hall–Kier alpha value is -1.10. The second kappa shape index (κ2) is 4.18. The zero-order valence-corrected chi connectivity index (χ0v) is 8.82. The maximum atomic E-state index is 11.4. The van der Waals surface area contributed by atoms with Crippen molar-refractivity contribution in [2.24, 2.45) is 5.73 Å². The highest BCUT2D eigenvalue weighted by molar-refractivity contribution is 5.79. The topological polar surface area (TPSA) is 66.6 Å². The van der Waals surface area contributed by atoms with Gasteiger partial charge in [-0.15, -0.1) is 0 Å². The summed E-state index contributed by atoms with van der Waals surface area (Å²) >= 11 is 0. The fourth-order valence-corrected chi connectivity index (χ4v) is 2.40. The first-order valence-corrected chi connectivity index (χ1v) is 5.47. The SMILES string of the molecule is NC(=O)CCN1CCN2C(=O)CCC2C1. The molecule has 0 aromatic carbocycles. The third-order valence-electron chi connectivity index (χ3n) is 3.25. The molecule has 2 N–H and O–H groups in total. The summed E-state index contributed by atoms with van der Waals surface area (Å²) in [6, 6.07) is 0.374. The van der Waals surface area contributed by atoms with Crippen LogP contribution in [-0.4, -0.2) is 53.8 Å². The molecule has 0 aromatic rings. The summed E-state index contributed by atoms with van der Waals surface area (Å²) in [5.41, 5.74) is 5.11. The van der Waals surface area contributed by atoms with Crippen LogP contribution in [0.1, 0.15) is 19.3 Å². The number of carbonyl (C=O) groups is 2. The van der Waals surface area contributed by atoms with Gasteiger partial charge in [-0.05, 0) is 6.42 Å². The van der Waals surface area contributed by atoms with Crippen LogP contribution in [0.25, 0.3) is 0 Å². The Balaban J connectivity index is 1.83. The lowest BCUT2D eigenvalue weighted by atomic mass is 10.1. The molecule has 15 heavy (non-hydrogen) atoms. The lowest BCUT2D eigenvalue weighted by molar-refractivity contribution is -0.131. The van der Waals surface area contributed by atoms with Crippen molar-refractivity contribution in [1.29, 1.82) is 0 Å². The number of carbonyl (C=O) groups excluding carboxylic acids is 2. The molecular weight excluding hydrogens is 194 g/mol. The Morgan fingerprint density at radius 2 is 2.27 bits per heavy atom. The van der Waals surface area contributed by atoms with Crippen LogP contribution in [0.4, 0.5) is 0 Å². The average molecular weight is 211 g/mol. The first-order valence-electron chi connectivity index (χ1n) is 5.47. The van der Waals surface area contributed by atoms with E-state index in [0.29, 0.717) is 18.9 Å². The highest BCUT2D eigenvalue weighted by Crippen LogP contribution is 2.22. The van der Waals surface area contributed by atoms with Crippen LogP contribution in [0.2, 0.25) is 0 Å². The summed E-state index contributed by atoms with van der Waals surface area (Å²) in [4.78, 5) is 26.3. The van der Waals surface area contributed by atoms with Gasteiger partial charge < -0.3 is 10.6 Å². The van der Waals surface area contributed by atoms with Crippen LogP contribution in [-0.2, 0) is 9.59 Å². The van der Waals surface area contributed by atoms with Crippen LogP contribution >= 0.6 is 0 Å². The van der Waals surface area contributed by atoms with Gasteiger partial charge in [-0.3, -0.25) is 14.5 Å². The van der Waals surface area contributed by atoms with Crippen molar-refractivity contribution in [2.75, 3.05) is 26.2 Å². The number of nitrogens with zero attached hydrogens (tertiary/aromatic N) is 2. The van der Waals surface area contributed by atoms with Gasteiger partial charge in [0.15, 0.2) is 0 Å². The van der Waals surface area contributed by atoms with E-state index in [1.54, 1.807) is 0 Å². The Kier molecular flexibility index (Phi) is 2.90. The second-order valence-corrected chi connectivity index (χ2v) is 4.30. The third-order valence-corrected chi connectivity index (χ3v) is 3.25. The average Bonchev–Trinajstić information content (AvgIpc) is 2.57. The van der Waals surface area contributed by atoms with Crippen molar-refractivity contribution >= 4 is 11.8 Å². The molecule has 2 heterocycles. The number of hydrogen-bond donors (Lipinski definition) is 1. The Labute approximate surface area is 89.2 Å². The fraction of sp³-hybridized carbons (Fsp3) is 0.800. The largest absolute Gasteiger partial charge is 0.370 e. The number of primary amides is 1. The molecule has 0 radical (unpaired) electrons. The van der Waals surface area contributed by atoms with E-state index in [4.69, 9.17) is 5.73 Å². The molecule has 2 aliphatic heterocycles. The first-order chi connectivity index (χ1) is 7.16. The molecule has 2 saturated heterocycles. The quantitative estimate of drug-likeness (QED) is 0.662. The minimum atomic E-state index is -0.250. The predicted octanol–water partition coefficient (Wildman–Crippen LogP) is -0.832. The van der Waals surface area contributed by atoms with E-state index in [2.05, 4.69) is 4.90 Å². The molecule has 0 aromatic heterocycles. The van der Waals surface area contributed by atoms with Crippen LogP contribution < -0.4 is 5.73 Å². The Bertz CT molecular complexity index is 280. The van der Waals surface area contributed by atoms with Crippen molar-refractivity contribution in [3.8, 4) is 0 Å². The molecule has 1 unspecified atom stereocenters. The van der Waals surface area contributed by atoms with E-state index in [1.165, 1.54) is 0 Å². The number of amides is 2. The van der Waals surface area contributed by atoms with E-state index in [1.807, 2.05) is 4.90 Å². The second-order valence-electron chi connectivity index (χ2n) is 4.30. The molecule has 2 amide bonds. The van der Waals surface area contributed by atoms with Crippen LogP contribution in [0.15, 0.2) is 0 Å². The van der Waals surface area contributed by atoms with E-state index >= 15 is 0 Å². The number of fused-ring (bicyclic) bond motifs is 1. The van der Waals surface area contributed by atoms with Gasteiger partial charge in [-0.25, -0.2) is 0 Å². The normalized spacial score (nSPS) is 26.8. The minimum absolute atomic E-state index is 0.250. The molecule has 5 heteroatoms. The molecule has 84 valence electrons. The monoisotopic (exact) mass is 211 g/mol. The van der Waals surface area contributed by atoms with Crippen molar-refractivity contribution < 1.29 is 9.59 Å². The minimum Gasteiger partial charge on any atom is -0.370 e. The number of hydrogen-bond acceptors (Lipinski definition) is 3. The summed E-state index contributed by atoms with van der Waals surface area (Å²) in [6.45, 7) is 3.31.